The molecule has 0 fully saturated rings. The third-order valence-electron chi connectivity index (χ3n) is 2.54. The molecule has 1 aromatic carbocycles. The molecule has 0 saturated carbocycles. The summed E-state index contributed by atoms with van der Waals surface area (Å²) in [5.74, 6) is -0.379. The molecular formula is C15H21FN2. The molecule has 0 radical (unpaired) electrons. The van der Waals surface area contributed by atoms with Crippen LogP contribution >= 0.6 is 0 Å². The van der Waals surface area contributed by atoms with Crippen LogP contribution in [0.4, 0.5) is 10.1 Å². The first-order chi connectivity index (χ1) is 8.13. The monoisotopic (exact) mass is 248 g/mol. The summed E-state index contributed by atoms with van der Waals surface area (Å²) in [6, 6.07) is 6.43. The molecule has 0 saturated heterocycles. The lowest BCUT2D eigenvalue weighted by atomic mass is 9.81. The fraction of sp³-hybridized carbons (Fsp3) is 0.533. The molecule has 0 atom stereocenters. The highest BCUT2D eigenvalue weighted by atomic mass is 19.1. The Morgan fingerprint density at radius 1 is 1.22 bits per heavy atom. The van der Waals surface area contributed by atoms with Crippen molar-refractivity contribution < 1.29 is 4.39 Å². The van der Waals surface area contributed by atoms with Crippen LogP contribution in [-0.2, 0) is 0 Å². The summed E-state index contributed by atoms with van der Waals surface area (Å²) in [5, 5.41) is 11.9. The van der Waals surface area contributed by atoms with E-state index >= 15 is 0 Å². The first-order valence-corrected chi connectivity index (χ1v) is 6.11. The Morgan fingerprint density at radius 3 is 2.28 bits per heavy atom. The summed E-state index contributed by atoms with van der Waals surface area (Å²) in [6.07, 6.45) is 0.916. The zero-order chi connectivity index (χ0) is 14.0. The van der Waals surface area contributed by atoms with Crippen molar-refractivity contribution in [3.63, 3.8) is 0 Å². The average molecular weight is 248 g/mol. The van der Waals surface area contributed by atoms with E-state index in [1.165, 1.54) is 6.07 Å². The highest BCUT2D eigenvalue weighted by molar-refractivity contribution is 5.50. The minimum absolute atomic E-state index is 0.166. The molecule has 0 unspecified atom stereocenters. The number of anilines is 1. The predicted molar refractivity (Wildman–Crippen MR) is 72.9 cm³/mol. The third-order valence-corrected chi connectivity index (χ3v) is 2.54. The van der Waals surface area contributed by atoms with Gasteiger partial charge in [-0.25, -0.2) is 4.39 Å². The van der Waals surface area contributed by atoms with Gasteiger partial charge in [-0.15, -0.1) is 0 Å². The normalized spacial score (nSPS) is 12.1. The first-order valence-electron chi connectivity index (χ1n) is 6.11. The van der Waals surface area contributed by atoms with Gasteiger partial charge in [0.15, 0.2) is 0 Å². The van der Waals surface area contributed by atoms with E-state index in [1.807, 2.05) is 6.07 Å². The maximum atomic E-state index is 13.8. The molecule has 0 aliphatic carbocycles. The quantitative estimate of drug-likeness (QED) is 0.864. The van der Waals surface area contributed by atoms with Crippen molar-refractivity contribution in [2.24, 2.45) is 5.41 Å². The summed E-state index contributed by atoms with van der Waals surface area (Å²) >= 11 is 0. The van der Waals surface area contributed by atoms with Gasteiger partial charge in [-0.3, -0.25) is 0 Å². The molecule has 1 aromatic rings. The van der Waals surface area contributed by atoms with Crippen LogP contribution in [0.3, 0.4) is 0 Å². The van der Waals surface area contributed by atoms with Crippen LogP contribution in [0.5, 0.6) is 0 Å². The predicted octanol–water partition coefficient (Wildman–Crippen LogP) is 4.32. The van der Waals surface area contributed by atoms with Gasteiger partial charge in [-0.2, -0.15) is 5.26 Å². The molecule has 2 nitrogen and oxygen atoms in total. The largest absolute Gasteiger partial charge is 0.378 e. The molecule has 1 rings (SSSR count). The number of nitrogens with zero attached hydrogens (tertiary/aromatic N) is 1. The van der Waals surface area contributed by atoms with Crippen LogP contribution in [0, 0.1) is 22.6 Å². The van der Waals surface area contributed by atoms with Crippen molar-refractivity contribution in [1.82, 2.24) is 0 Å². The van der Waals surface area contributed by atoms with Crippen molar-refractivity contribution >= 4 is 5.69 Å². The third kappa shape index (κ3) is 4.37. The van der Waals surface area contributed by atoms with Gasteiger partial charge in [-0.05, 0) is 43.9 Å². The fourth-order valence-corrected chi connectivity index (χ4v) is 2.42. The van der Waals surface area contributed by atoms with E-state index in [0.29, 0.717) is 11.3 Å². The Bertz CT molecular complexity index is 464. The standard InChI is InChI=1S/C15H21FN2/c1-14(2,3)10-15(4,5)18-13-7-6-11(9-17)8-12(13)16/h6-8,18H,10H2,1-5H3. The Kier molecular flexibility index (Phi) is 4.01. The molecule has 0 aliphatic rings. The second-order valence-corrected chi connectivity index (χ2v) is 6.55. The number of benzene rings is 1. The van der Waals surface area contributed by atoms with Gasteiger partial charge in [0.1, 0.15) is 5.82 Å². The summed E-state index contributed by atoms with van der Waals surface area (Å²) in [4.78, 5) is 0. The Hall–Kier alpha value is -1.56. The molecule has 0 amide bonds. The van der Waals surface area contributed by atoms with Gasteiger partial charge in [0, 0.05) is 5.54 Å². The lowest BCUT2D eigenvalue weighted by Gasteiger charge is -2.34. The van der Waals surface area contributed by atoms with Gasteiger partial charge in [0.2, 0.25) is 0 Å². The van der Waals surface area contributed by atoms with Crippen LogP contribution in [0.1, 0.15) is 46.6 Å². The number of rotatable bonds is 3. The number of halogens is 1. The molecule has 0 aliphatic heterocycles. The molecular weight excluding hydrogens is 227 g/mol. The smallest absolute Gasteiger partial charge is 0.147 e. The topological polar surface area (TPSA) is 35.8 Å². The Morgan fingerprint density at radius 2 is 1.83 bits per heavy atom. The second-order valence-electron chi connectivity index (χ2n) is 6.55. The summed E-state index contributed by atoms with van der Waals surface area (Å²) in [7, 11) is 0. The van der Waals surface area contributed by atoms with Gasteiger partial charge in [-0.1, -0.05) is 20.8 Å². The maximum absolute atomic E-state index is 13.8. The van der Waals surface area contributed by atoms with E-state index in [1.54, 1.807) is 12.1 Å². The van der Waals surface area contributed by atoms with Crippen molar-refractivity contribution in [2.45, 2.75) is 46.6 Å². The molecule has 0 spiro atoms. The van der Waals surface area contributed by atoms with Gasteiger partial charge < -0.3 is 5.32 Å². The van der Waals surface area contributed by atoms with Crippen molar-refractivity contribution in [3.8, 4) is 6.07 Å². The minimum atomic E-state index is -0.379. The van der Waals surface area contributed by atoms with E-state index in [9.17, 15) is 4.39 Å². The summed E-state index contributed by atoms with van der Waals surface area (Å²) in [6.45, 7) is 10.6. The summed E-state index contributed by atoms with van der Waals surface area (Å²) < 4.78 is 13.8. The van der Waals surface area contributed by atoms with Gasteiger partial charge in [0.25, 0.3) is 0 Å². The summed E-state index contributed by atoms with van der Waals surface area (Å²) in [5.41, 5.74) is 0.752. The molecule has 0 aromatic heterocycles. The van der Waals surface area contributed by atoms with Crippen molar-refractivity contribution in [2.75, 3.05) is 5.32 Å². The minimum Gasteiger partial charge on any atom is -0.378 e. The number of hydrogen-bond donors (Lipinski definition) is 1. The van der Waals surface area contributed by atoms with Crippen LogP contribution in [0.2, 0.25) is 0 Å². The van der Waals surface area contributed by atoms with E-state index in [4.69, 9.17) is 5.26 Å². The highest BCUT2D eigenvalue weighted by Gasteiger charge is 2.25. The van der Waals surface area contributed by atoms with Crippen molar-refractivity contribution in [3.05, 3.63) is 29.6 Å². The first kappa shape index (κ1) is 14.5. The van der Waals surface area contributed by atoms with Gasteiger partial charge >= 0.3 is 0 Å². The van der Waals surface area contributed by atoms with E-state index < -0.39 is 0 Å². The van der Waals surface area contributed by atoms with Crippen LogP contribution in [-0.4, -0.2) is 5.54 Å². The van der Waals surface area contributed by atoms with Crippen LogP contribution in [0.15, 0.2) is 18.2 Å². The number of nitrogens with one attached hydrogen (secondary N) is 1. The highest BCUT2D eigenvalue weighted by Crippen LogP contribution is 2.30. The number of nitriles is 1. The second kappa shape index (κ2) is 4.97. The zero-order valence-electron chi connectivity index (χ0n) is 11.8. The van der Waals surface area contributed by atoms with E-state index in [-0.39, 0.29) is 16.8 Å². The molecule has 18 heavy (non-hydrogen) atoms. The molecule has 3 heteroatoms. The Balaban J connectivity index is 2.88. The SMILES string of the molecule is CC(C)(C)CC(C)(C)Nc1ccc(C#N)cc1F. The van der Waals surface area contributed by atoms with Crippen LogP contribution in [0.25, 0.3) is 0 Å². The van der Waals surface area contributed by atoms with E-state index in [0.717, 1.165) is 6.42 Å². The van der Waals surface area contributed by atoms with E-state index in [2.05, 4.69) is 39.9 Å². The fourth-order valence-electron chi connectivity index (χ4n) is 2.42. The van der Waals surface area contributed by atoms with Gasteiger partial charge in [0.05, 0.1) is 17.3 Å². The molecule has 1 N–H and O–H groups in total. The zero-order valence-corrected chi connectivity index (χ0v) is 11.8. The molecule has 0 heterocycles. The molecule has 98 valence electrons. The average Bonchev–Trinajstić information content (AvgIpc) is 2.17. The molecule has 0 bridgehead atoms. The Labute approximate surface area is 109 Å². The maximum Gasteiger partial charge on any atom is 0.147 e. The van der Waals surface area contributed by atoms with Crippen LogP contribution < -0.4 is 5.32 Å². The number of hydrogen-bond acceptors (Lipinski definition) is 2. The lowest BCUT2D eigenvalue weighted by molar-refractivity contribution is 0.302. The van der Waals surface area contributed by atoms with Crippen molar-refractivity contribution in [1.29, 1.82) is 5.26 Å². The lowest BCUT2D eigenvalue weighted by Crippen LogP contribution is -2.35.